The number of aliphatic hydroxyl groups excluding tert-OH is 1. The molecule has 2 atom stereocenters. The van der Waals surface area contributed by atoms with Crippen LogP contribution in [0, 0.1) is 0 Å². The topological polar surface area (TPSA) is 81.8 Å². The monoisotopic (exact) mass is 513 g/mol. The summed E-state index contributed by atoms with van der Waals surface area (Å²) in [4.78, 5) is 0. The lowest BCUT2D eigenvalue weighted by molar-refractivity contribution is -0.139. The third-order valence-corrected chi connectivity index (χ3v) is 5.54. The molecule has 0 saturated heterocycles. The summed E-state index contributed by atoms with van der Waals surface area (Å²) in [5, 5.41) is 10.4. The molecular weight excluding hydrogens is 489 g/mol. The van der Waals surface area contributed by atoms with Crippen LogP contribution in [0.25, 0.3) is 0 Å². The van der Waals surface area contributed by atoms with Gasteiger partial charge in [-0.3, -0.25) is 4.57 Å². The van der Waals surface area contributed by atoms with Crippen molar-refractivity contribution in [1.82, 2.24) is 0 Å². The molecule has 2 unspecified atom stereocenters. The Balaban J connectivity index is 2.02. The molecule has 0 radical (unpaired) electrons. The molecule has 0 bridgehead atoms. The minimum Gasteiger partial charge on any atom is -0.493 e. The van der Waals surface area contributed by atoms with Crippen LogP contribution in [0.2, 0.25) is 10.0 Å². The van der Waals surface area contributed by atoms with Crippen LogP contribution < -0.4 is 10.5 Å². The van der Waals surface area contributed by atoms with Gasteiger partial charge in [-0.1, -0.05) is 29.3 Å². The third-order valence-electron chi connectivity index (χ3n) is 4.80. The van der Waals surface area contributed by atoms with Crippen molar-refractivity contribution in [3.8, 4) is 5.75 Å². The van der Waals surface area contributed by atoms with Gasteiger partial charge in [-0.25, -0.2) is 0 Å². The number of rotatable bonds is 12. The number of aryl methyl sites for hydroxylation is 2. The van der Waals surface area contributed by atoms with Crippen molar-refractivity contribution in [2.24, 2.45) is 5.73 Å². The first-order chi connectivity index (χ1) is 15.1. The number of benzene rings is 2. The molecule has 2 rings (SSSR count). The van der Waals surface area contributed by atoms with E-state index in [-0.39, 0.29) is 31.8 Å². The predicted molar refractivity (Wildman–Crippen MR) is 120 cm³/mol. The van der Waals surface area contributed by atoms with Crippen LogP contribution in [-0.4, -0.2) is 30.5 Å². The number of alkyl halides is 3. The molecule has 0 aromatic heterocycles. The van der Waals surface area contributed by atoms with Gasteiger partial charge in [0, 0.05) is 10.0 Å². The Morgan fingerprint density at radius 1 is 1.03 bits per heavy atom. The van der Waals surface area contributed by atoms with Gasteiger partial charge >= 0.3 is 6.18 Å². The summed E-state index contributed by atoms with van der Waals surface area (Å²) < 4.78 is 61.5. The Hall–Kier alpha value is -1.28. The molecule has 0 aliphatic carbocycles. The van der Waals surface area contributed by atoms with Crippen molar-refractivity contribution in [2.75, 3.05) is 19.8 Å². The summed E-state index contributed by atoms with van der Waals surface area (Å²) in [6.07, 6.45) is -3.25. The molecule has 0 saturated carbocycles. The van der Waals surface area contributed by atoms with E-state index in [1.165, 1.54) is 12.1 Å². The second-order valence-corrected chi connectivity index (χ2v) is 8.88. The SMILES string of the molecule is NC(CO)(CCc1ccc(OCCCc2cc(Cl)cc(Cl)c2)c(C(F)(F)F)c1)CO[PH2]=O. The third kappa shape index (κ3) is 8.58. The quantitative estimate of drug-likeness (QED) is 0.296. The molecule has 32 heavy (non-hydrogen) atoms. The fraction of sp³-hybridized carbons (Fsp3) is 0.429. The maximum atomic E-state index is 13.6. The van der Waals surface area contributed by atoms with E-state index in [0.717, 1.165) is 11.6 Å². The van der Waals surface area contributed by atoms with Gasteiger partial charge in [0.15, 0.2) is 8.69 Å². The van der Waals surface area contributed by atoms with Crippen LogP contribution in [0.1, 0.15) is 29.5 Å². The van der Waals surface area contributed by atoms with Gasteiger partial charge in [-0.15, -0.1) is 0 Å². The van der Waals surface area contributed by atoms with E-state index in [0.29, 0.717) is 28.5 Å². The van der Waals surface area contributed by atoms with Gasteiger partial charge in [0.05, 0.1) is 30.9 Å². The van der Waals surface area contributed by atoms with E-state index in [1.807, 2.05) is 0 Å². The highest BCUT2D eigenvalue weighted by Crippen LogP contribution is 2.37. The lowest BCUT2D eigenvalue weighted by Gasteiger charge is -2.26. The molecule has 11 heteroatoms. The van der Waals surface area contributed by atoms with Crippen LogP contribution in [-0.2, 0) is 28.1 Å². The fourth-order valence-corrected chi connectivity index (χ4v) is 4.06. The highest BCUT2D eigenvalue weighted by Gasteiger charge is 2.35. The van der Waals surface area contributed by atoms with Crippen LogP contribution in [0.5, 0.6) is 5.75 Å². The van der Waals surface area contributed by atoms with Gasteiger partial charge < -0.3 is 20.1 Å². The van der Waals surface area contributed by atoms with Crippen molar-refractivity contribution in [3.05, 3.63) is 63.1 Å². The molecule has 0 spiro atoms. The number of aliphatic hydroxyl groups is 1. The highest BCUT2D eigenvalue weighted by atomic mass is 35.5. The molecule has 0 heterocycles. The van der Waals surface area contributed by atoms with Crippen molar-refractivity contribution in [1.29, 1.82) is 0 Å². The standard InChI is InChI=1S/C21H25Cl2F3NO4P/c22-16-8-15(9-17(23)11-16)2-1-7-30-19-4-3-14(10-18(19)21(24,25)26)5-6-20(27,12-28)13-31-32-29/h3-4,8-11,28H,1-2,5-7,12-13,27,32H2. The molecular formula is C21H25Cl2F3NO4P. The van der Waals surface area contributed by atoms with Crippen LogP contribution >= 0.6 is 31.9 Å². The minimum absolute atomic E-state index is 0.0812. The van der Waals surface area contributed by atoms with Crippen molar-refractivity contribution >= 4 is 31.9 Å². The zero-order valence-corrected chi connectivity index (χ0v) is 19.8. The lowest BCUT2D eigenvalue weighted by atomic mass is 9.93. The second kappa shape index (κ2) is 12.3. The average Bonchev–Trinajstić information content (AvgIpc) is 2.73. The van der Waals surface area contributed by atoms with Gasteiger partial charge in [0.25, 0.3) is 0 Å². The highest BCUT2D eigenvalue weighted by molar-refractivity contribution is 7.17. The zero-order chi connectivity index (χ0) is 23.8. The summed E-state index contributed by atoms with van der Waals surface area (Å²) in [7, 11) is -1.49. The van der Waals surface area contributed by atoms with Gasteiger partial charge in [-0.2, -0.15) is 13.2 Å². The summed E-state index contributed by atoms with van der Waals surface area (Å²) >= 11 is 11.9. The van der Waals surface area contributed by atoms with Crippen molar-refractivity contribution < 1.29 is 32.1 Å². The maximum Gasteiger partial charge on any atom is 0.419 e. The molecule has 178 valence electrons. The Bertz CT molecular complexity index is 897. The number of hydrogen-bond acceptors (Lipinski definition) is 5. The molecule has 5 nitrogen and oxygen atoms in total. The molecule has 2 aromatic carbocycles. The minimum atomic E-state index is -4.60. The summed E-state index contributed by atoms with van der Waals surface area (Å²) in [6, 6.07) is 8.92. The number of halogens is 5. The first kappa shape index (κ1) is 27.0. The Labute approximate surface area is 195 Å². The number of nitrogens with two attached hydrogens (primary N) is 1. The van der Waals surface area contributed by atoms with Gasteiger partial charge in [0.1, 0.15) is 5.75 Å². The summed E-state index contributed by atoms with van der Waals surface area (Å²) in [6.45, 7) is -0.511. The first-order valence-corrected chi connectivity index (χ1v) is 11.5. The first-order valence-electron chi connectivity index (χ1n) is 9.79. The molecule has 2 aromatic rings. The van der Waals surface area contributed by atoms with Crippen LogP contribution in [0.15, 0.2) is 36.4 Å². The van der Waals surface area contributed by atoms with E-state index in [9.17, 15) is 22.8 Å². The maximum absolute atomic E-state index is 13.6. The Morgan fingerprint density at radius 2 is 1.72 bits per heavy atom. The predicted octanol–water partition coefficient (Wildman–Crippen LogP) is 5.33. The molecule has 0 aliphatic heterocycles. The lowest BCUT2D eigenvalue weighted by Crippen LogP contribution is -2.47. The zero-order valence-electron chi connectivity index (χ0n) is 17.1. The average molecular weight is 514 g/mol. The number of hydrogen-bond donors (Lipinski definition) is 2. The van der Waals surface area contributed by atoms with E-state index < -0.39 is 32.6 Å². The summed E-state index contributed by atoms with van der Waals surface area (Å²) in [5.74, 6) is -0.259. The van der Waals surface area contributed by atoms with Crippen molar-refractivity contribution in [2.45, 2.75) is 37.4 Å². The van der Waals surface area contributed by atoms with E-state index in [2.05, 4.69) is 0 Å². The van der Waals surface area contributed by atoms with E-state index >= 15 is 0 Å². The summed E-state index contributed by atoms with van der Waals surface area (Å²) in [5.41, 5.74) is 5.16. The van der Waals surface area contributed by atoms with E-state index in [1.54, 1.807) is 18.2 Å². The number of ether oxygens (including phenoxy) is 1. The fourth-order valence-electron chi connectivity index (χ4n) is 3.08. The normalized spacial score (nSPS) is 14.1. The van der Waals surface area contributed by atoms with Crippen LogP contribution in [0.4, 0.5) is 13.2 Å². The molecule has 0 fully saturated rings. The molecule has 0 amide bonds. The van der Waals surface area contributed by atoms with Crippen LogP contribution in [0.3, 0.4) is 0 Å². The molecule has 3 N–H and O–H groups in total. The smallest absolute Gasteiger partial charge is 0.419 e. The van der Waals surface area contributed by atoms with Crippen molar-refractivity contribution in [3.63, 3.8) is 0 Å². The van der Waals surface area contributed by atoms with E-state index in [4.69, 9.17) is 38.2 Å². The second-order valence-electron chi connectivity index (χ2n) is 7.49. The Morgan fingerprint density at radius 3 is 2.31 bits per heavy atom. The molecule has 0 aliphatic rings. The van der Waals surface area contributed by atoms with Gasteiger partial charge in [-0.05, 0) is 67.1 Å². The Kier molecular flexibility index (Phi) is 10.3. The van der Waals surface area contributed by atoms with Gasteiger partial charge in [0.2, 0.25) is 0 Å². The largest absolute Gasteiger partial charge is 0.493 e.